The van der Waals surface area contributed by atoms with Gasteiger partial charge in [-0.05, 0) is 62.4 Å². The third-order valence-electron chi connectivity index (χ3n) is 6.20. The van der Waals surface area contributed by atoms with Crippen LogP contribution in [0.2, 0.25) is 0 Å². The first-order chi connectivity index (χ1) is 18.7. The largest absolute Gasteiger partial charge is 0.387 e. The lowest BCUT2D eigenvalue weighted by molar-refractivity contribution is -0.00177. The van der Waals surface area contributed by atoms with Gasteiger partial charge < -0.3 is 20.3 Å². The Hall–Kier alpha value is -5.08. The van der Waals surface area contributed by atoms with Crippen LogP contribution in [0.3, 0.4) is 0 Å². The molecule has 1 amide bonds. The molecule has 1 aromatic carbocycles. The van der Waals surface area contributed by atoms with Gasteiger partial charge in [0, 0.05) is 30.0 Å². The first kappa shape index (κ1) is 25.6. The number of alkyl halides is 1. The molecule has 4 aromatic heterocycles. The molecule has 0 aliphatic rings. The molecular formula is C28H25FN8O2. The summed E-state index contributed by atoms with van der Waals surface area (Å²) in [4.78, 5) is 21.6. The number of benzene rings is 1. The van der Waals surface area contributed by atoms with Gasteiger partial charge in [0.2, 0.25) is 0 Å². The van der Waals surface area contributed by atoms with Crippen molar-refractivity contribution >= 4 is 22.8 Å². The number of fused-ring (bicyclic) bond motifs is 1. The normalized spacial score (nSPS) is 12.2. The van der Waals surface area contributed by atoms with E-state index in [2.05, 4.69) is 31.8 Å². The summed E-state index contributed by atoms with van der Waals surface area (Å²) in [7, 11) is 0. The second-order valence-corrected chi connectivity index (χ2v) is 9.50. The average molecular weight is 525 g/mol. The summed E-state index contributed by atoms with van der Waals surface area (Å²) in [5.41, 5.74) is 3.00. The molecule has 3 N–H and O–H groups in total. The average Bonchev–Trinajstić information content (AvgIpc) is 3.61. The number of aliphatic hydroxyl groups is 1. The summed E-state index contributed by atoms with van der Waals surface area (Å²) >= 11 is 0. The number of halogens is 1. The predicted octanol–water partition coefficient (Wildman–Crippen LogP) is 4.04. The fraction of sp³-hybridized carbons (Fsp3) is 0.179. The molecule has 0 aliphatic heterocycles. The lowest BCUT2D eigenvalue weighted by Crippen LogP contribution is -2.42. The van der Waals surface area contributed by atoms with Crippen molar-refractivity contribution in [3.8, 4) is 23.1 Å². The standard InChI is InChI=1S/C28H25FN8O2/c1-28(2,39)26(29)16-33-27(38)22-15-32-24(25-8-7-21-11-18(13-30)14-34-37(21)25)12-23(22)35-19-3-5-20(6-4-19)36-10-9-31-17-36/h3-12,14-15,17,26,39H,16H2,1-2H3,(H,32,35)(H,33,38). The molecule has 0 spiro atoms. The zero-order valence-corrected chi connectivity index (χ0v) is 21.2. The Morgan fingerprint density at radius 1 is 1.18 bits per heavy atom. The van der Waals surface area contributed by atoms with E-state index in [0.717, 1.165) is 11.2 Å². The van der Waals surface area contributed by atoms with Crippen LogP contribution >= 0.6 is 0 Å². The number of carbonyl (C=O) groups excluding carboxylic acids is 1. The number of nitrogens with one attached hydrogen (secondary N) is 2. The minimum absolute atomic E-state index is 0.195. The van der Waals surface area contributed by atoms with E-state index in [1.165, 1.54) is 26.2 Å². The van der Waals surface area contributed by atoms with Crippen molar-refractivity contribution in [2.45, 2.75) is 25.6 Å². The van der Waals surface area contributed by atoms with Crippen molar-refractivity contribution < 1.29 is 14.3 Å². The number of nitriles is 1. The molecule has 0 fully saturated rings. The highest BCUT2D eigenvalue weighted by Crippen LogP contribution is 2.28. The maximum Gasteiger partial charge on any atom is 0.255 e. The Bertz CT molecular complexity index is 1670. The molecule has 196 valence electrons. The van der Waals surface area contributed by atoms with Gasteiger partial charge in [0.1, 0.15) is 12.2 Å². The molecule has 1 atom stereocenters. The van der Waals surface area contributed by atoms with Crippen molar-refractivity contribution in [3.63, 3.8) is 0 Å². The third-order valence-corrected chi connectivity index (χ3v) is 6.20. The van der Waals surface area contributed by atoms with Crippen LogP contribution in [0.25, 0.3) is 22.6 Å². The van der Waals surface area contributed by atoms with Crippen molar-refractivity contribution in [2.24, 2.45) is 0 Å². The molecule has 0 aliphatic carbocycles. The van der Waals surface area contributed by atoms with Gasteiger partial charge in [-0.15, -0.1) is 0 Å². The van der Waals surface area contributed by atoms with Crippen LogP contribution < -0.4 is 10.6 Å². The molecular weight excluding hydrogens is 499 g/mol. The molecule has 11 heteroatoms. The Labute approximate surface area is 223 Å². The second kappa shape index (κ2) is 10.4. The van der Waals surface area contributed by atoms with Gasteiger partial charge in [-0.3, -0.25) is 9.78 Å². The highest BCUT2D eigenvalue weighted by molar-refractivity contribution is 6.00. The van der Waals surface area contributed by atoms with Crippen molar-refractivity contribution in [1.82, 2.24) is 29.5 Å². The van der Waals surface area contributed by atoms with Gasteiger partial charge in [-0.25, -0.2) is 13.9 Å². The van der Waals surface area contributed by atoms with E-state index in [-0.39, 0.29) is 12.1 Å². The van der Waals surface area contributed by atoms with Gasteiger partial charge in [0.05, 0.1) is 58.4 Å². The molecule has 5 rings (SSSR count). The lowest BCUT2D eigenvalue weighted by Gasteiger charge is -2.22. The Morgan fingerprint density at radius 2 is 1.97 bits per heavy atom. The second-order valence-electron chi connectivity index (χ2n) is 9.50. The summed E-state index contributed by atoms with van der Waals surface area (Å²) < 4.78 is 17.8. The predicted molar refractivity (Wildman–Crippen MR) is 144 cm³/mol. The van der Waals surface area contributed by atoms with Crippen molar-refractivity contribution in [2.75, 3.05) is 11.9 Å². The molecule has 4 heterocycles. The van der Waals surface area contributed by atoms with Gasteiger partial charge in [0.15, 0.2) is 0 Å². The number of imidazole rings is 1. The number of carbonyl (C=O) groups is 1. The molecule has 0 saturated carbocycles. The zero-order chi connectivity index (χ0) is 27.6. The van der Waals surface area contributed by atoms with Gasteiger partial charge >= 0.3 is 0 Å². The molecule has 39 heavy (non-hydrogen) atoms. The number of pyridine rings is 1. The quantitative estimate of drug-likeness (QED) is 0.279. The van der Waals surface area contributed by atoms with E-state index in [1.54, 1.807) is 29.2 Å². The Kier molecular flexibility index (Phi) is 6.79. The zero-order valence-electron chi connectivity index (χ0n) is 21.2. The molecule has 0 radical (unpaired) electrons. The summed E-state index contributed by atoms with van der Waals surface area (Å²) in [5.74, 6) is -0.546. The van der Waals surface area contributed by atoms with Crippen LogP contribution in [0, 0.1) is 11.3 Å². The molecule has 10 nitrogen and oxygen atoms in total. The number of aromatic nitrogens is 5. The number of hydrogen-bond donors (Lipinski definition) is 3. The van der Waals surface area contributed by atoms with E-state index in [1.807, 2.05) is 47.2 Å². The topological polar surface area (TPSA) is 133 Å². The maximum absolute atomic E-state index is 14.3. The number of nitrogens with zero attached hydrogens (tertiary/aromatic N) is 6. The Morgan fingerprint density at radius 3 is 2.67 bits per heavy atom. The Balaban J connectivity index is 1.49. The van der Waals surface area contributed by atoms with Crippen molar-refractivity contribution in [1.29, 1.82) is 5.26 Å². The van der Waals surface area contributed by atoms with E-state index >= 15 is 0 Å². The minimum Gasteiger partial charge on any atom is -0.387 e. The highest BCUT2D eigenvalue weighted by atomic mass is 19.1. The van der Waals surface area contributed by atoms with Crippen LogP contribution in [-0.2, 0) is 0 Å². The van der Waals surface area contributed by atoms with Crippen LogP contribution in [0.4, 0.5) is 15.8 Å². The molecule has 5 aromatic rings. The lowest BCUT2D eigenvalue weighted by atomic mass is 10.0. The fourth-order valence-corrected chi connectivity index (χ4v) is 3.95. The highest BCUT2D eigenvalue weighted by Gasteiger charge is 2.27. The van der Waals surface area contributed by atoms with E-state index in [9.17, 15) is 19.6 Å². The third kappa shape index (κ3) is 5.46. The number of rotatable bonds is 8. The first-order valence-electron chi connectivity index (χ1n) is 12.1. The van der Waals surface area contributed by atoms with Gasteiger partial charge in [0.25, 0.3) is 5.91 Å². The number of hydrogen-bond acceptors (Lipinski definition) is 7. The van der Waals surface area contributed by atoms with Crippen LogP contribution in [-0.4, -0.2) is 53.5 Å². The molecule has 0 saturated heterocycles. The van der Waals surface area contributed by atoms with Gasteiger partial charge in [-0.1, -0.05) is 0 Å². The number of amides is 1. The molecule has 0 bridgehead atoms. The van der Waals surface area contributed by atoms with E-state index < -0.39 is 17.7 Å². The smallest absolute Gasteiger partial charge is 0.255 e. The first-order valence-corrected chi connectivity index (χ1v) is 12.1. The summed E-state index contributed by atoms with van der Waals surface area (Å²) in [5, 5.41) is 29.2. The summed E-state index contributed by atoms with van der Waals surface area (Å²) in [6.07, 6.45) is 6.44. The molecule has 1 unspecified atom stereocenters. The SMILES string of the molecule is CC(C)(O)C(F)CNC(=O)c1cnc(-c2ccc3cc(C#N)cnn23)cc1Nc1ccc(-n2ccnc2)cc1. The van der Waals surface area contributed by atoms with Gasteiger partial charge in [-0.2, -0.15) is 10.4 Å². The fourth-order valence-electron chi connectivity index (χ4n) is 3.95. The van der Waals surface area contributed by atoms with Crippen LogP contribution in [0.1, 0.15) is 29.8 Å². The van der Waals surface area contributed by atoms with Crippen LogP contribution in [0.15, 0.2) is 79.6 Å². The maximum atomic E-state index is 14.3. The van der Waals surface area contributed by atoms with E-state index in [4.69, 9.17) is 0 Å². The van der Waals surface area contributed by atoms with E-state index in [0.29, 0.717) is 28.3 Å². The summed E-state index contributed by atoms with van der Waals surface area (Å²) in [6, 6.07) is 16.7. The summed E-state index contributed by atoms with van der Waals surface area (Å²) in [6.45, 7) is 2.32. The minimum atomic E-state index is -1.66. The van der Waals surface area contributed by atoms with Crippen molar-refractivity contribution in [3.05, 3.63) is 90.8 Å². The van der Waals surface area contributed by atoms with Crippen LogP contribution in [0.5, 0.6) is 0 Å². The monoisotopic (exact) mass is 524 g/mol. The number of anilines is 2.